The molecule has 1 aromatic carbocycles. The smallest absolute Gasteiger partial charge is 0.163 e. The number of aliphatic imine (C=N–C) groups is 1. The van der Waals surface area contributed by atoms with Gasteiger partial charge in [0.1, 0.15) is 5.44 Å². The fraction of sp³-hybridized carbons (Fsp3) is 0.300. The Kier molecular flexibility index (Phi) is 5.89. The topological polar surface area (TPSA) is 33.6 Å². The lowest BCUT2D eigenvalue weighted by atomic mass is 10.3. The Morgan fingerprint density at radius 2 is 2.06 bits per heavy atom. The summed E-state index contributed by atoms with van der Waals surface area (Å²) in [5, 5.41) is 5.05. The second-order valence-electron chi connectivity index (χ2n) is 3.15. The molecule has 3 nitrogen and oxygen atoms in total. The van der Waals surface area contributed by atoms with Crippen molar-refractivity contribution >= 4 is 58.2 Å². The Morgan fingerprint density at radius 3 is 2.59 bits per heavy atom. The fourth-order valence-corrected chi connectivity index (χ4v) is 2.57. The zero-order valence-electron chi connectivity index (χ0n) is 8.94. The zero-order valence-corrected chi connectivity index (χ0v) is 12.1. The molecule has 0 aliphatic carbocycles. The number of methoxy groups -OCH3 is 1. The molecule has 0 spiro atoms. The standard InChI is InChI=1S/C10H10Cl2N2OS.ClH/c1-15-8-5-13-10(16-8)14-9-6(11)3-2-4-7(9)12;/h2-4,8H,5H2,1H3,(H,13,14);1H. The summed E-state index contributed by atoms with van der Waals surface area (Å²) in [6, 6.07) is 5.37. The quantitative estimate of drug-likeness (QED) is 0.899. The maximum atomic E-state index is 6.04. The van der Waals surface area contributed by atoms with E-state index in [1.807, 2.05) is 0 Å². The number of amidine groups is 1. The summed E-state index contributed by atoms with van der Waals surface area (Å²) < 4.78 is 5.18. The molecule has 1 unspecified atom stereocenters. The average Bonchev–Trinajstić information content (AvgIpc) is 2.71. The van der Waals surface area contributed by atoms with Gasteiger partial charge in [-0.15, -0.1) is 12.4 Å². The van der Waals surface area contributed by atoms with Crippen LogP contribution in [0.4, 0.5) is 5.69 Å². The van der Waals surface area contributed by atoms with Gasteiger partial charge in [-0.2, -0.15) is 0 Å². The number of halogens is 3. The van der Waals surface area contributed by atoms with Gasteiger partial charge >= 0.3 is 0 Å². The highest BCUT2D eigenvalue weighted by molar-refractivity contribution is 8.14. The number of hydrogen-bond acceptors (Lipinski definition) is 4. The highest BCUT2D eigenvalue weighted by Gasteiger charge is 2.20. The van der Waals surface area contributed by atoms with Gasteiger partial charge < -0.3 is 10.1 Å². The van der Waals surface area contributed by atoms with Crippen LogP contribution in [0.15, 0.2) is 23.2 Å². The summed E-state index contributed by atoms with van der Waals surface area (Å²) in [4.78, 5) is 4.29. The monoisotopic (exact) mass is 312 g/mol. The van der Waals surface area contributed by atoms with Crippen LogP contribution in [0.2, 0.25) is 10.0 Å². The lowest BCUT2D eigenvalue weighted by molar-refractivity contribution is 0.182. The molecule has 1 N–H and O–H groups in total. The minimum atomic E-state index is 0. The number of thioether (sulfide) groups is 1. The molecule has 1 aromatic rings. The van der Waals surface area contributed by atoms with Crippen molar-refractivity contribution in [2.75, 3.05) is 19.0 Å². The maximum absolute atomic E-state index is 6.04. The molecule has 0 saturated heterocycles. The molecule has 0 radical (unpaired) electrons. The van der Waals surface area contributed by atoms with Crippen molar-refractivity contribution in [2.45, 2.75) is 5.44 Å². The summed E-state index contributed by atoms with van der Waals surface area (Å²) in [5.74, 6) is 0. The normalized spacial score (nSPS) is 18.5. The van der Waals surface area contributed by atoms with Crippen LogP contribution in [0, 0.1) is 0 Å². The Hall–Kier alpha value is -0.130. The van der Waals surface area contributed by atoms with Crippen molar-refractivity contribution in [3.8, 4) is 0 Å². The zero-order chi connectivity index (χ0) is 11.5. The number of nitrogens with zero attached hydrogens (tertiary/aromatic N) is 1. The van der Waals surface area contributed by atoms with Crippen molar-refractivity contribution in [1.82, 2.24) is 0 Å². The van der Waals surface area contributed by atoms with Crippen molar-refractivity contribution in [1.29, 1.82) is 0 Å². The first kappa shape index (κ1) is 14.9. The molecule has 17 heavy (non-hydrogen) atoms. The van der Waals surface area contributed by atoms with Crippen LogP contribution in [0.3, 0.4) is 0 Å². The van der Waals surface area contributed by atoms with Crippen LogP contribution in [-0.2, 0) is 4.74 Å². The van der Waals surface area contributed by atoms with Gasteiger partial charge in [0.25, 0.3) is 0 Å². The highest BCUT2D eigenvalue weighted by atomic mass is 35.5. The van der Waals surface area contributed by atoms with Crippen molar-refractivity contribution in [3.05, 3.63) is 28.2 Å². The van der Waals surface area contributed by atoms with Gasteiger partial charge in [0, 0.05) is 7.11 Å². The van der Waals surface area contributed by atoms with E-state index in [0.717, 1.165) is 5.17 Å². The molecule has 94 valence electrons. The molecule has 0 aromatic heterocycles. The van der Waals surface area contributed by atoms with Crippen molar-refractivity contribution in [2.24, 2.45) is 4.99 Å². The number of hydrogen-bond donors (Lipinski definition) is 1. The highest BCUT2D eigenvalue weighted by Crippen LogP contribution is 2.32. The average molecular weight is 314 g/mol. The molecule has 0 amide bonds. The SMILES string of the molecule is COC1CN=C(Nc2c(Cl)cccc2Cl)S1.Cl. The van der Waals surface area contributed by atoms with E-state index in [0.29, 0.717) is 22.3 Å². The molecular formula is C10H11Cl3N2OS. The van der Waals surface area contributed by atoms with Gasteiger partial charge in [0.05, 0.1) is 22.3 Å². The molecule has 1 atom stereocenters. The molecule has 1 aliphatic rings. The molecule has 1 heterocycles. The molecule has 0 fully saturated rings. The Balaban J connectivity index is 0.00000144. The first-order valence-corrected chi connectivity index (χ1v) is 6.29. The van der Waals surface area contributed by atoms with E-state index in [1.54, 1.807) is 25.3 Å². The van der Waals surface area contributed by atoms with Crippen molar-refractivity contribution < 1.29 is 4.74 Å². The Bertz CT molecular complexity index is 408. The van der Waals surface area contributed by atoms with Gasteiger partial charge in [-0.25, -0.2) is 0 Å². The van der Waals surface area contributed by atoms with Gasteiger partial charge in [0.2, 0.25) is 0 Å². The molecule has 7 heteroatoms. The lowest BCUT2D eigenvalue weighted by Gasteiger charge is -2.10. The van der Waals surface area contributed by atoms with E-state index >= 15 is 0 Å². The van der Waals surface area contributed by atoms with Gasteiger partial charge in [-0.3, -0.25) is 4.99 Å². The number of rotatable bonds is 2. The molecule has 0 saturated carbocycles. The van der Waals surface area contributed by atoms with E-state index in [2.05, 4.69) is 10.3 Å². The van der Waals surface area contributed by atoms with Gasteiger partial charge in [0.15, 0.2) is 5.17 Å². The number of anilines is 1. The second-order valence-corrected chi connectivity index (χ2v) is 5.11. The Labute approximate surface area is 120 Å². The number of benzene rings is 1. The summed E-state index contributed by atoms with van der Waals surface area (Å²) in [6.45, 7) is 0.644. The van der Waals surface area contributed by atoms with Gasteiger partial charge in [-0.1, -0.05) is 41.0 Å². The third-order valence-corrected chi connectivity index (χ3v) is 3.77. The number of ether oxygens (including phenoxy) is 1. The number of para-hydroxylation sites is 1. The van der Waals surface area contributed by atoms with Crippen LogP contribution < -0.4 is 5.32 Å². The van der Waals surface area contributed by atoms with Crippen LogP contribution in [0.1, 0.15) is 0 Å². The predicted molar refractivity (Wildman–Crippen MR) is 78.0 cm³/mol. The van der Waals surface area contributed by atoms with E-state index in [-0.39, 0.29) is 17.8 Å². The summed E-state index contributed by atoms with van der Waals surface area (Å²) in [7, 11) is 1.67. The predicted octanol–water partition coefficient (Wildman–Crippen LogP) is 3.90. The minimum absolute atomic E-state index is 0. The minimum Gasteiger partial charge on any atom is -0.368 e. The largest absolute Gasteiger partial charge is 0.368 e. The lowest BCUT2D eigenvalue weighted by Crippen LogP contribution is -2.09. The first-order valence-electron chi connectivity index (χ1n) is 4.65. The van der Waals surface area contributed by atoms with Gasteiger partial charge in [-0.05, 0) is 12.1 Å². The van der Waals surface area contributed by atoms with Crippen LogP contribution in [0.25, 0.3) is 0 Å². The molecular weight excluding hydrogens is 303 g/mol. The first-order chi connectivity index (χ1) is 7.70. The summed E-state index contributed by atoms with van der Waals surface area (Å²) in [5.41, 5.74) is 0.762. The molecule has 0 bridgehead atoms. The van der Waals surface area contributed by atoms with E-state index in [1.165, 1.54) is 11.8 Å². The Morgan fingerprint density at radius 1 is 1.41 bits per heavy atom. The summed E-state index contributed by atoms with van der Waals surface area (Å²) in [6.07, 6.45) is 0. The number of nitrogens with one attached hydrogen (secondary N) is 1. The second kappa shape index (κ2) is 6.71. The molecule has 1 aliphatic heterocycles. The van der Waals surface area contributed by atoms with E-state index in [4.69, 9.17) is 27.9 Å². The molecule has 2 rings (SSSR count). The van der Waals surface area contributed by atoms with Crippen LogP contribution in [0.5, 0.6) is 0 Å². The summed E-state index contributed by atoms with van der Waals surface area (Å²) >= 11 is 13.6. The van der Waals surface area contributed by atoms with Crippen LogP contribution in [-0.4, -0.2) is 24.3 Å². The third kappa shape index (κ3) is 3.66. The maximum Gasteiger partial charge on any atom is 0.163 e. The fourth-order valence-electron chi connectivity index (χ4n) is 1.27. The third-order valence-electron chi connectivity index (χ3n) is 2.08. The van der Waals surface area contributed by atoms with Crippen molar-refractivity contribution in [3.63, 3.8) is 0 Å². The van der Waals surface area contributed by atoms with E-state index < -0.39 is 0 Å². The van der Waals surface area contributed by atoms with E-state index in [9.17, 15) is 0 Å². The van der Waals surface area contributed by atoms with Crippen LogP contribution >= 0.6 is 47.4 Å².